The van der Waals surface area contributed by atoms with Gasteiger partial charge in [-0.05, 0) is 31.1 Å². The Morgan fingerprint density at radius 3 is 1.62 bits per heavy atom. The monoisotopic (exact) mass is 114 g/mol. The van der Waals surface area contributed by atoms with Crippen molar-refractivity contribution in [1.82, 2.24) is 0 Å². The fourth-order valence-corrected chi connectivity index (χ4v) is 1.72. The Balaban J connectivity index is 0.000000320. The fourth-order valence-electron chi connectivity index (χ4n) is 1.72. The lowest BCUT2D eigenvalue weighted by atomic mass is 10.1. The van der Waals surface area contributed by atoms with E-state index >= 15 is 0 Å². The summed E-state index contributed by atoms with van der Waals surface area (Å²) in [6, 6.07) is 0. The molecule has 2 aliphatic carbocycles. The van der Waals surface area contributed by atoms with Crippen LogP contribution in [-0.4, -0.2) is 0 Å². The maximum Gasteiger partial charge on any atom is -0.0228 e. The Labute approximate surface area is 49.0 Å². The first-order valence-corrected chi connectivity index (χ1v) is 3.13. The lowest BCUT2D eigenvalue weighted by Crippen LogP contribution is -1.82. The van der Waals surface area contributed by atoms with Crippen LogP contribution in [0.15, 0.2) is 12.2 Å². The first kappa shape index (κ1) is 5.80. The highest BCUT2D eigenvalue weighted by Gasteiger charge is 2.25. The van der Waals surface area contributed by atoms with Gasteiger partial charge in [0.1, 0.15) is 0 Å². The molecular weight excluding hydrogens is 103 g/mol. The Kier molecular flexibility index (Phi) is 1.37. The van der Waals surface area contributed by atoms with E-state index in [1.165, 1.54) is 19.3 Å². The molecule has 2 rings (SSSR count). The zero-order valence-corrected chi connectivity index (χ0v) is 4.84. The normalized spacial score (nSPS) is 40.0. The molecule has 1 fully saturated rings. The highest BCUT2D eigenvalue weighted by molar-refractivity contribution is 5.06. The second kappa shape index (κ2) is 1.88. The molecule has 0 radical (unpaired) electrons. The minimum atomic E-state index is 0. The smallest absolute Gasteiger partial charge is 0.0228 e. The third-order valence-electron chi connectivity index (χ3n) is 2.17. The number of halogens is 1. The van der Waals surface area contributed by atoms with E-state index in [9.17, 15) is 0 Å². The summed E-state index contributed by atoms with van der Waals surface area (Å²) >= 11 is 0. The predicted octanol–water partition coefficient (Wildman–Crippen LogP) is 2.13. The first-order valence-electron chi connectivity index (χ1n) is 3.13. The van der Waals surface area contributed by atoms with Crippen LogP contribution in [0.4, 0.5) is 4.70 Å². The molecule has 0 N–H and O–H groups in total. The SMILES string of the molecule is C1=CC2CCC1C2.F. The maximum atomic E-state index is 2.38. The molecule has 0 spiro atoms. The number of fused-ring (bicyclic) bond motifs is 2. The van der Waals surface area contributed by atoms with Crippen LogP contribution < -0.4 is 0 Å². The molecule has 1 saturated carbocycles. The summed E-state index contributed by atoms with van der Waals surface area (Å²) in [7, 11) is 0. The molecule has 0 aromatic carbocycles. The highest BCUT2D eigenvalue weighted by atomic mass is 19.0. The van der Waals surface area contributed by atoms with Gasteiger partial charge in [-0.15, -0.1) is 0 Å². The van der Waals surface area contributed by atoms with E-state index in [-0.39, 0.29) is 4.70 Å². The molecule has 0 aromatic rings. The van der Waals surface area contributed by atoms with Gasteiger partial charge in [0.25, 0.3) is 0 Å². The second-order valence-corrected chi connectivity index (χ2v) is 2.72. The molecular formula is C7H11F. The van der Waals surface area contributed by atoms with Gasteiger partial charge in [0.15, 0.2) is 0 Å². The van der Waals surface area contributed by atoms with Crippen LogP contribution in [-0.2, 0) is 0 Å². The molecule has 0 aliphatic heterocycles. The summed E-state index contributed by atoms with van der Waals surface area (Å²) in [5.41, 5.74) is 0. The Morgan fingerprint density at radius 2 is 1.50 bits per heavy atom. The molecule has 1 heteroatoms. The summed E-state index contributed by atoms with van der Waals surface area (Å²) in [4.78, 5) is 0. The van der Waals surface area contributed by atoms with Gasteiger partial charge < -0.3 is 0 Å². The van der Waals surface area contributed by atoms with Crippen LogP contribution in [0.5, 0.6) is 0 Å². The van der Waals surface area contributed by atoms with Crippen LogP contribution in [0.1, 0.15) is 19.3 Å². The molecule has 2 aliphatic rings. The van der Waals surface area contributed by atoms with Crippen molar-refractivity contribution in [3.8, 4) is 0 Å². The molecule has 2 unspecified atom stereocenters. The van der Waals surface area contributed by atoms with Crippen molar-refractivity contribution in [3.63, 3.8) is 0 Å². The van der Waals surface area contributed by atoms with Gasteiger partial charge in [-0.1, -0.05) is 12.2 Å². The quantitative estimate of drug-likeness (QED) is 0.423. The number of allylic oxidation sites excluding steroid dienone is 2. The highest BCUT2D eigenvalue weighted by Crippen LogP contribution is 2.38. The summed E-state index contributed by atoms with van der Waals surface area (Å²) in [5, 5.41) is 0. The van der Waals surface area contributed by atoms with Gasteiger partial charge in [0, 0.05) is 0 Å². The van der Waals surface area contributed by atoms with Gasteiger partial charge in [0.2, 0.25) is 0 Å². The van der Waals surface area contributed by atoms with Gasteiger partial charge >= 0.3 is 0 Å². The molecule has 2 atom stereocenters. The predicted molar refractivity (Wildman–Crippen MR) is 32.5 cm³/mol. The summed E-state index contributed by atoms with van der Waals surface area (Å²) < 4.78 is 0. The number of rotatable bonds is 0. The zero-order chi connectivity index (χ0) is 4.69. The van der Waals surface area contributed by atoms with Crippen LogP contribution in [0, 0.1) is 11.8 Å². The van der Waals surface area contributed by atoms with Gasteiger partial charge in [-0.3, -0.25) is 4.70 Å². The van der Waals surface area contributed by atoms with Crippen molar-refractivity contribution in [2.45, 2.75) is 19.3 Å². The van der Waals surface area contributed by atoms with Crippen molar-refractivity contribution < 1.29 is 4.70 Å². The number of hydrogen-bond acceptors (Lipinski definition) is 0. The molecule has 0 heterocycles. The van der Waals surface area contributed by atoms with E-state index in [4.69, 9.17) is 0 Å². The van der Waals surface area contributed by atoms with Gasteiger partial charge in [0.05, 0.1) is 0 Å². The minimum Gasteiger partial charge on any atom is -0.269 e. The minimum absolute atomic E-state index is 0. The van der Waals surface area contributed by atoms with E-state index < -0.39 is 0 Å². The Hall–Kier alpha value is -0.330. The summed E-state index contributed by atoms with van der Waals surface area (Å²) in [5.74, 6) is 1.98. The second-order valence-electron chi connectivity index (χ2n) is 2.72. The average Bonchev–Trinajstić information content (AvgIpc) is 2.22. The molecule has 0 aromatic heterocycles. The van der Waals surface area contributed by atoms with Crippen LogP contribution >= 0.6 is 0 Å². The third-order valence-corrected chi connectivity index (χ3v) is 2.17. The summed E-state index contributed by atoms with van der Waals surface area (Å²) in [6.07, 6.45) is 9.19. The standard InChI is InChI=1S/C7H10.FH/c1-2-7-4-3-6(1)5-7;/h1-2,6-7H,3-5H2;1H. The molecule has 0 amide bonds. The third kappa shape index (κ3) is 0.662. The molecule has 46 valence electrons. The lowest BCUT2D eigenvalue weighted by Gasteiger charge is -1.96. The first-order chi connectivity index (χ1) is 3.45. The Morgan fingerprint density at radius 1 is 1.00 bits per heavy atom. The van der Waals surface area contributed by atoms with E-state index in [1.54, 1.807) is 0 Å². The molecule has 8 heavy (non-hydrogen) atoms. The lowest BCUT2D eigenvalue weighted by molar-refractivity contribution is 0.691. The van der Waals surface area contributed by atoms with E-state index in [2.05, 4.69) is 12.2 Å². The van der Waals surface area contributed by atoms with Gasteiger partial charge in [-0.25, -0.2) is 0 Å². The fraction of sp³-hybridized carbons (Fsp3) is 0.714. The van der Waals surface area contributed by atoms with Crippen molar-refractivity contribution in [3.05, 3.63) is 12.2 Å². The maximum absolute atomic E-state index is 2.38. The van der Waals surface area contributed by atoms with Crippen molar-refractivity contribution in [2.75, 3.05) is 0 Å². The van der Waals surface area contributed by atoms with E-state index in [0.717, 1.165) is 11.8 Å². The molecule has 2 bridgehead atoms. The molecule has 0 saturated heterocycles. The van der Waals surface area contributed by atoms with Crippen LogP contribution in [0.25, 0.3) is 0 Å². The van der Waals surface area contributed by atoms with E-state index in [1.807, 2.05) is 0 Å². The number of hydrogen-bond donors (Lipinski definition) is 0. The topological polar surface area (TPSA) is 0 Å². The Bertz CT molecular complexity index is 95.0. The molecule has 0 nitrogen and oxygen atoms in total. The van der Waals surface area contributed by atoms with Crippen molar-refractivity contribution >= 4 is 0 Å². The van der Waals surface area contributed by atoms with Crippen molar-refractivity contribution in [2.24, 2.45) is 11.8 Å². The summed E-state index contributed by atoms with van der Waals surface area (Å²) in [6.45, 7) is 0. The average molecular weight is 114 g/mol. The van der Waals surface area contributed by atoms with Crippen molar-refractivity contribution in [1.29, 1.82) is 0 Å². The van der Waals surface area contributed by atoms with Crippen LogP contribution in [0.3, 0.4) is 0 Å². The van der Waals surface area contributed by atoms with Gasteiger partial charge in [-0.2, -0.15) is 0 Å². The van der Waals surface area contributed by atoms with E-state index in [0.29, 0.717) is 0 Å². The largest absolute Gasteiger partial charge is 0.269 e. The van der Waals surface area contributed by atoms with Crippen LogP contribution in [0.2, 0.25) is 0 Å². The zero-order valence-electron chi connectivity index (χ0n) is 4.84.